The molecule has 0 saturated heterocycles. The van der Waals surface area contributed by atoms with Crippen molar-refractivity contribution < 1.29 is 9.50 Å². The highest BCUT2D eigenvalue weighted by Gasteiger charge is 2.26. The first-order chi connectivity index (χ1) is 10.6. The second kappa shape index (κ2) is 6.27. The number of aliphatic hydroxyl groups excluding tert-OH is 1. The van der Waals surface area contributed by atoms with Crippen molar-refractivity contribution in [3.63, 3.8) is 0 Å². The molecule has 1 aliphatic rings. The lowest BCUT2D eigenvalue weighted by Crippen LogP contribution is -2.21. The van der Waals surface area contributed by atoms with Gasteiger partial charge in [0, 0.05) is 23.7 Å². The van der Waals surface area contributed by atoms with Crippen molar-refractivity contribution in [3.8, 4) is 0 Å². The molecule has 0 amide bonds. The van der Waals surface area contributed by atoms with Crippen LogP contribution in [0.2, 0.25) is 0 Å². The number of benzene rings is 1. The molecule has 2 aromatic rings. The number of nitrogens with zero attached hydrogens (tertiary/aromatic N) is 2. The van der Waals surface area contributed by atoms with Gasteiger partial charge in [0.25, 0.3) is 0 Å². The van der Waals surface area contributed by atoms with Gasteiger partial charge in [0.1, 0.15) is 11.6 Å². The van der Waals surface area contributed by atoms with Crippen LogP contribution in [-0.4, -0.2) is 27.7 Å². The standard InChI is InChI=1S/C16H19FN4O/c1-10(9-22)18-16-20-14(11-2-3-11)8-15(21-16)19-13-6-4-12(17)5-7-13/h4-8,10-11,22H,2-3,9H2,1H3,(H2,18,19,20,21)/t10-/m1/s1. The van der Waals surface area contributed by atoms with E-state index in [9.17, 15) is 4.39 Å². The van der Waals surface area contributed by atoms with Gasteiger partial charge in [-0.3, -0.25) is 0 Å². The average molecular weight is 302 g/mol. The van der Waals surface area contributed by atoms with Crippen LogP contribution >= 0.6 is 0 Å². The molecule has 0 bridgehead atoms. The highest BCUT2D eigenvalue weighted by molar-refractivity contribution is 5.58. The van der Waals surface area contributed by atoms with Gasteiger partial charge >= 0.3 is 0 Å². The first kappa shape index (κ1) is 14.7. The lowest BCUT2D eigenvalue weighted by molar-refractivity contribution is 0.281. The second-order valence-corrected chi connectivity index (χ2v) is 5.64. The molecule has 0 aliphatic heterocycles. The first-order valence-corrected chi connectivity index (χ1v) is 7.43. The SMILES string of the molecule is C[C@H](CO)Nc1nc(Nc2ccc(F)cc2)cc(C2CC2)n1. The summed E-state index contributed by atoms with van der Waals surface area (Å²) in [5.74, 6) is 1.37. The molecule has 1 heterocycles. The van der Waals surface area contributed by atoms with E-state index < -0.39 is 0 Å². The normalized spacial score (nSPS) is 15.4. The highest BCUT2D eigenvalue weighted by atomic mass is 19.1. The third-order valence-corrected chi connectivity index (χ3v) is 3.51. The van der Waals surface area contributed by atoms with Crippen LogP contribution in [0, 0.1) is 5.82 Å². The van der Waals surface area contributed by atoms with Gasteiger partial charge < -0.3 is 15.7 Å². The van der Waals surface area contributed by atoms with Crippen LogP contribution in [0.25, 0.3) is 0 Å². The van der Waals surface area contributed by atoms with Gasteiger partial charge in [-0.25, -0.2) is 9.37 Å². The minimum Gasteiger partial charge on any atom is -0.394 e. The van der Waals surface area contributed by atoms with E-state index in [1.165, 1.54) is 12.1 Å². The third kappa shape index (κ3) is 3.71. The van der Waals surface area contributed by atoms with E-state index in [2.05, 4.69) is 20.6 Å². The van der Waals surface area contributed by atoms with Crippen LogP contribution in [0.15, 0.2) is 30.3 Å². The molecule has 1 aromatic heterocycles. The number of hydrogen-bond donors (Lipinski definition) is 3. The Bertz CT molecular complexity index is 643. The molecule has 0 spiro atoms. The van der Waals surface area contributed by atoms with Crippen LogP contribution in [0.4, 0.5) is 21.8 Å². The van der Waals surface area contributed by atoms with Crippen molar-refractivity contribution in [2.45, 2.75) is 31.7 Å². The van der Waals surface area contributed by atoms with Crippen LogP contribution in [0.3, 0.4) is 0 Å². The monoisotopic (exact) mass is 302 g/mol. The number of nitrogens with one attached hydrogen (secondary N) is 2. The highest BCUT2D eigenvalue weighted by Crippen LogP contribution is 2.40. The van der Waals surface area contributed by atoms with E-state index in [0.29, 0.717) is 17.7 Å². The van der Waals surface area contributed by atoms with Crippen LogP contribution in [0.5, 0.6) is 0 Å². The molecule has 0 unspecified atom stereocenters. The van der Waals surface area contributed by atoms with Crippen LogP contribution in [-0.2, 0) is 0 Å². The summed E-state index contributed by atoms with van der Waals surface area (Å²) in [5.41, 5.74) is 1.76. The molecule has 3 N–H and O–H groups in total. The Morgan fingerprint density at radius 3 is 2.64 bits per heavy atom. The lowest BCUT2D eigenvalue weighted by atomic mass is 10.2. The molecule has 1 saturated carbocycles. The van der Waals surface area contributed by atoms with Crippen molar-refractivity contribution in [3.05, 3.63) is 41.8 Å². The molecule has 1 aromatic carbocycles. The van der Waals surface area contributed by atoms with Crippen molar-refractivity contribution in [2.75, 3.05) is 17.2 Å². The Morgan fingerprint density at radius 2 is 2.00 bits per heavy atom. The predicted molar refractivity (Wildman–Crippen MR) is 83.9 cm³/mol. The summed E-state index contributed by atoms with van der Waals surface area (Å²) in [6.45, 7) is 1.87. The number of aromatic nitrogens is 2. The summed E-state index contributed by atoms with van der Waals surface area (Å²) in [7, 11) is 0. The zero-order valence-corrected chi connectivity index (χ0v) is 12.4. The molecule has 0 radical (unpaired) electrons. The number of rotatable bonds is 6. The summed E-state index contributed by atoms with van der Waals surface area (Å²) >= 11 is 0. The van der Waals surface area contributed by atoms with Crippen molar-refractivity contribution in [2.24, 2.45) is 0 Å². The third-order valence-electron chi connectivity index (χ3n) is 3.51. The molecule has 3 rings (SSSR count). The fourth-order valence-electron chi connectivity index (χ4n) is 2.13. The minimum absolute atomic E-state index is 0.0116. The summed E-state index contributed by atoms with van der Waals surface area (Å²) in [5, 5.41) is 15.4. The zero-order chi connectivity index (χ0) is 15.5. The van der Waals surface area contributed by atoms with Crippen molar-refractivity contribution in [1.29, 1.82) is 0 Å². The van der Waals surface area contributed by atoms with E-state index in [-0.39, 0.29) is 18.5 Å². The van der Waals surface area contributed by atoms with Crippen LogP contribution in [0.1, 0.15) is 31.4 Å². The van der Waals surface area contributed by atoms with E-state index in [1.807, 2.05) is 13.0 Å². The van der Waals surface area contributed by atoms with Gasteiger partial charge in [0.2, 0.25) is 5.95 Å². The summed E-state index contributed by atoms with van der Waals surface area (Å²) in [6.07, 6.45) is 2.28. The average Bonchev–Trinajstić information content (AvgIpc) is 3.34. The number of anilines is 3. The maximum atomic E-state index is 13.0. The minimum atomic E-state index is -0.272. The van der Waals surface area contributed by atoms with Gasteiger partial charge in [-0.2, -0.15) is 4.98 Å². The Hall–Kier alpha value is -2.21. The Morgan fingerprint density at radius 1 is 1.27 bits per heavy atom. The molecule has 1 aliphatic carbocycles. The topological polar surface area (TPSA) is 70.1 Å². The van der Waals surface area contributed by atoms with Gasteiger partial charge in [0.05, 0.1) is 12.3 Å². The number of aliphatic hydroxyl groups is 1. The Labute approximate surface area is 128 Å². The van der Waals surface area contributed by atoms with Gasteiger partial charge in [-0.15, -0.1) is 0 Å². The molecule has 6 heteroatoms. The molecule has 1 fully saturated rings. The summed E-state index contributed by atoms with van der Waals surface area (Å²) in [4.78, 5) is 8.92. The molecular formula is C16H19FN4O. The first-order valence-electron chi connectivity index (χ1n) is 7.43. The fourth-order valence-corrected chi connectivity index (χ4v) is 2.13. The Balaban J connectivity index is 1.83. The summed E-state index contributed by atoms with van der Waals surface area (Å²) < 4.78 is 13.0. The largest absolute Gasteiger partial charge is 0.394 e. The van der Waals surface area contributed by atoms with Gasteiger partial charge in [-0.05, 0) is 44.0 Å². The van der Waals surface area contributed by atoms with Gasteiger partial charge in [0.15, 0.2) is 0 Å². The molecular weight excluding hydrogens is 283 g/mol. The smallest absolute Gasteiger partial charge is 0.225 e. The maximum Gasteiger partial charge on any atom is 0.225 e. The van der Waals surface area contributed by atoms with Crippen LogP contribution < -0.4 is 10.6 Å². The number of hydrogen-bond acceptors (Lipinski definition) is 5. The lowest BCUT2D eigenvalue weighted by Gasteiger charge is -2.14. The predicted octanol–water partition coefficient (Wildman–Crippen LogP) is 3.03. The van der Waals surface area contributed by atoms with E-state index in [1.54, 1.807) is 12.1 Å². The fraction of sp³-hybridized carbons (Fsp3) is 0.375. The van der Waals surface area contributed by atoms with Gasteiger partial charge in [-0.1, -0.05) is 0 Å². The Kier molecular flexibility index (Phi) is 4.20. The molecule has 22 heavy (non-hydrogen) atoms. The zero-order valence-electron chi connectivity index (χ0n) is 12.4. The maximum absolute atomic E-state index is 13.0. The van der Waals surface area contributed by atoms with E-state index in [4.69, 9.17) is 5.11 Å². The van der Waals surface area contributed by atoms with Crippen molar-refractivity contribution in [1.82, 2.24) is 9.97 Å². The molecule has 116 valence electrons. The summed E-state index contributed by atoms with van der Waals surface area (Å²) in [6, 6.07) is 7.94. The second-order valence-electron chi connectivity index (χ2n) is 5.64. The van der Waals surface area contributed by atoms with Crippen molar-refractivity contribution >= 4 is 17.5 Å². The quantitative estimate of drug-likeness (QED) is 0.765. The van der Waals surface area contributed by atoms with E-state index in [0.717, 1.165) is 24.2 Å². The van der Waals surface area contributed by atoms with E-state index >= 15 is 0 Å². The molecule has 5 nitrogen and oxygen atoms in total. The number of halogens is 1. The molecule has 1 atom stereocenters.